The molecule has 116 valence electrons. The summed E-state index contributed by atoms with van der Waals surface area (Å²) in [5.74, 6) is 7.66. The van der Waals surface area contributed by atoms with E-state index in [-0.39, 0.29) is 5.41 Å². The molecule has 0 amide bonds. The third kappa shape index (κ3) is 2.56. The molecular formula is C14H18N6S2. The van der Waals surface area contributed by atoms with E-state index in [2.05, 4.69) is 53.2 Å². The van der Waals surface area contributed by atoms with Crippen LogP contribution in [0, 0.1) is 13.8 Å². The maximum Gasteiger partial charge on any atom is 0.216 e. The standard InChI is InChI=1S/C14H18N6S2/c1-7-6-21-10-9(7)11(17-8(2)16-10)22-13-19-18-12(20(13)15)14(3,4)5/h6H,15H2,1-5H3. The normalized spacial score (nSPS) is 12.2. The fourth-order valence-corrected chi connectivity index (χ4v) is 4.17. The molecule has 0 aliphatic carbocycles. The lowest BCUT2D eigenvalue weighted by Crippen LogP contribution is -2.24. The van der Waals surface area contributed by atoms with Crippen LogP contribution in [0.2, 0.25) is 0 Å². The van der Waals surface area contributed by atoms with Gasteiger partial charge in [-0.3, -0.25) is 0 Å². The van der Waals surface area contributed by atoms with Crippen molar-refractivity contribution in [2.75, 3.05) is 5.84 Å². The van der Waals surface area contributed by atoms with Gasteiger partial charge in [-0.15, -0.1) is 21.5 Å². The van der Waals surface area contributed by atoms with Crippen LogP contribution in [0.15, 0.2) is 15.6 Å². The van der Waals surface area contributed by atoms with Crippen LogP contribution in [-0.4, -0.2) is 24.8 Å². The Hall–Kier alpha value is -1.67. The summed E-state index contributed by atoms with van der Waals surface area (Å²) in [5.41, 5.74) is 1.01. The number of aryl methyl sites for hydroxylation is 2. The third-order valence-corrected chi connectivity index (χ3v) is 5.16. The highest BCUT2D eigenvalue weighted by molar-refractivity contribution is 7.99. The molecule has 8 heteroatoms. The van der Waals surface area contributed by atoms with Gasteiger partial charge < -0.3 is 5.84 Å². The zero-order chi connectivity index (χ0) is 16.1. The number of nitrogens with zero attached hydrogens (tertiary/aromatic N) is 5. The fraction of sp³-hybridized carbons (Fsp3) is 0.429. The predicted octanol–water partition coefficient (Wildman–Crippen LogP) is 3.06. The van der Waals surface area contributed by atoms with Crippen molar-refractivity contribution >= 4 is 33.3 Å². The molecule has 0 aliphatic rings. The molecule has 0 aliphatic heterocycles. The van der Waals surface area contributed by atoms with Gasteiger partial charge in [0.15, 0.2) is 5.82 Å². The molecule has 0 fully saturated rings. The molecule has 0 aromatic carbocycles. The van der Waals surface area contributed by atoms with E-state index in [9.17, 15) is 0 Å². The van der Waals surface area contributed by atoms with Gasteiger partial charge in [-0.1, -0.05) is 20.8 Å². The summed E-state index contributed by atoms with van der Waals surface area (Å²) in [6.07, 6.45) is 0. The lowest BCUT2D eigenvalue weighted by atomic mass is 9.96. The van der Waals surface area contributed by atoms with E-state index in [0.29, 0.717) is 5.16 Å². The van der Waals surface area contributed by atoms with Crippen molar-refractivity contribution in [1.82, 2.24) is 24.8 Å². The van der Waals surface area contributed by atoms with E-state index in [0.717, 1.165) is 26.9 Å². The zero-order valence-electron chi connectivity index (χ0n) is 13.2. The van der Waals surface area contributed by atoms with E-state index in [4.69, 9.17) is 5.84 Å². The van der Waals surface area contributed by atoms with Crippen LogP contribution in [0.3, 0.4) is 0 Å². The predicted molar refractivity (Wildman–Crippen MR) is 89.9 cm³/mol. The number of thiophene rings is 1. The van der Waals surface area contributed by atoms with Crippen molar-refractivity contribution < 1.29 is 0 Å². The number of rotatable bonds is 2. The smallest absolute Gasteiger partial charge is 0.216 e. The zero-order valence-corrected chi connectivity index (χ0v) is 14.8. The first-order valence-electron chi connectivity index (χ1n) is 6.88. The van der Waals surface area contributed by atoms with E-state index in [1.165, 1.54) is 17.3 Å². The number of hydrogen-bond acceptors (Lipinski definition) is 7. The second kappa shape index (κ2) is 5.20. The Morgan fingerprint density at radius 1 is 1.18 bits per heavy atom. The van der Waals surface area contributed by atoms with Crippen LogP contribution in [0.25, 0.3) is 10.2 Å². The second-order valence-electron chi connectivity index (χ2n) is 6.20. The molecule has 0 bridgehead atoms. The highest BCUT2D eigenvalue weighted by Gasteiger charge is 2.24. The lowest BCUT2D eigenvalue weighted by molar-refractivity contribution is 0.523. The first kappa shape index (κ1) is 15.2. The van der Waals surface area contributed by atoms with Crippen LogP contribution < -0.4 is 5.84 Å². The molecule has 0 spiro atoms. The summed E-state index contributed by atoms with van der Waals surface area (Å²) < 4.78 is 1.55. The molecule has 0 saturated heterocycles. The van der Waals surface area contributed by atoms with E-state index in [1.54, 1.807) is 16.0 Å². The summed E-state index contributed by atoms with van der Waals surface area (Å²) in [6, 6.07) is 0. The van der Waals surface area contributed by atoms with Crippen molar-refractivity contribution in [3.05, 3.63) is 22.6 Å². The highest BCUT2D eigenvalue weighted by Crippen LogP contribution is 2.35. The summed E-state index contributed by atoms with van der Waals surface area (Å²) in [7, 11) is 0. The molecule has 3 heterocycles. The maximum absolute atomic E-state index is 6.16. The van der Waals surface area contributed by atoms with Gasteiger partial charge in [0, 0.05) is 10.8 Å². The second-order valence-corrected chi connectivity index (χ2v) is 8.02. The Balaban J connectivity index is 2.08. The van der Waals surface area contributed by atoms with Crippen molar-refractivity contribution in [3.63, 3.8) is 0 Å². The summed E-state index contributed by atoms with van der Waals surface area (Å²) in [4.78, 5) is 10.0. The molecule has 0 saturated carbocycles. The Bertz CT molecular complexity index is 843. The van der Waals surface area contributed by atoms with Crippen LogP contribution in [-0.2, 0) is 5.41 Å². The largest absolute Gasteiger partial charge is 0.336 e. The first-order valence-corrected chi connectivity index (χ1v) is 8.58. The van der Waals surface area contributed by atoms with E-state index >= 15 is 0 Å². The van der Waals surface area contributed by atoms with Crippen molar-refractivity contribution in [1.29, 1.82) is 0 Å². The monoisotopic (exact) mass is 334 g/mol. The van der Waals surface area contributed by atoms with Crippen LogP contribution in [0.4, 0.5) is 0 Å². The van der Waals surface area contributed by atoms with E-state index in [1.807, 2.05) is 6.92 Å². The number of aromatic nitrogens is 5. The van der Waals surface area contributed by atoms with Gasteiger partial charge >= 0.3 is 0 Å². The SMILES string of the molecule is Cc1nc(Sc2nnc(C(C)(C)C)n2N)c2c(C)csc2n1. The van der Waals surface area contributed by atoms with Crippen LogP contribution in [0.1, 0.15) is 38.0 Å². The molecule has 3 rings (SSSR count). The first-order chi connectivity index (χ1) is 10.3. The number of hydrogen-bond donors (Lipinski definition) is 1. The topological polar surface area (TPSA) is 82.5 Å². The third-order valence-electron chi connectivity index (χ3n) is 3.22. The van der Waals surface area contributed by atoms with Crippen molar-refractivity contribution in [2.24, 2.45) is 0 Å². The summed E-state index contributed by atoms with van der Waals surface area (Å²) in [6.45, 7) is 10.1. The number of nitrogen functional groups attached to an aromatic ring is 1. The maximum atomic E-state index is 6.16. The fourth-order valence-electron chi connectivity index (χ4n) is 2.17. The van der Waals surface area contributed by atoms with Gasteiger partial charge in [-0.2, -0.15) is 0 Å². The van der Waals surface area contributed by atoms with Crippen molar-refractivity contribution in [2.45, 2.75) is 50.2 Å². The molecule has 2 N–H and O–H groups in total. The Labute approximate surface area is 137 Å². The Kier molecular flexibility index (Phi) is 3.60. The Morgan fingerprint density at radius 2 is 1.91 bits per heavy atom. The quantitative estimate of drug-likeness (QED) is 0.573. The van der Waals surface area contributed by atoms with Crippen LogP contribution in [0.5, 0.6) is 0 Å². The summed E-state index contributed by atoms with van der Waals surface area (Å²) in [5, 5.41) is 13.1. The van der Waals surface area contributed by atoms with Gasteiger partial charge in [-0.25, -0.2) is 14.6 Å². The minimum absolute atomic E-state index is 0.157. The molecule has 6 nitrogen and oxygen atoms in total. The number of nitrogens with two attached hydrogens (primary N) is 1. The molecule has 0 atom stereocenters. The summed E-state index contributed by atoms with van der Waals surface area (Å²) >= 11 is 3.06. The molecule has 22 heavy (non-hydrogen) atoms. The Morgan fingerprint density at radius 3 is 2.55 bits per heavy atom. The highest BCUT2D eigenvalue weighted by atomic mass is 32.2. The van der Waals surface area contributed by atoms with Gasteiger partial charge in [0.1, 0.15) is 15.7 Å². The lowest BCUT2D eigenvalue weighted by Gasteiger charge is -2.16. The average molecular weight is 334 g/mol. The molecule has 3 aromatic heterocycles. The van der Waals surface area contributed by atoms with Crippen LogP contribution >= 0.6 is 23.1 Å². The van der Waals surface area contributed by atoms with Gasteiger partial charge in [-0.05, 0) is 36.6 Å². The molecule has 3 aromatic rings. The van der Waals surface area contributed by atoms with Gasteiger partial charge in [0.2, 0.25) is 5.16 Å². The molecular weight excluding hydrogens is 316 g/mol. The van der Waals surface area contributed by atoms with Gasteiger partial charge in [0.25, 0.3) is 0 Å². The average Bonchev–Trinajstić information content (AvgIpc) is 2.94. The minimum atomic E-state index is -0.157. The molecule has 0 unspecified atom stereocenters. The molecule has 0 radical (unpaired) electrons. The van der Waals surface area contributed by atoms with Gasteiger partial charge in [0.05, 0.1) is 0 Å². The van der Waals surface area contributed by atoms with Crippen molar-refractivity contribution in [3.8, 4) is 0 Å². The van der Waals surface area contributed by atoms with E-state index < -0.39 is 0 Å². The number of fused-ring (bicyclic) bond motifs is 1. The minimum Gasteiger partial charge on any atom is -0.336 e.